The van der Waals surface area contributed by atoms with Gasteiger partial charge in [0.05, 0.1) is 0 Å². The van der Waals surface area contributed by atoms with Gasteiger partial charge >= 0.3 is 12.0 Å². The van der Waals surface area contributed by atoms with Crippen molar-refractivity contribution < 1.29 is 14.7 Å². The number of nitrogens with zero attached hydrogens (tertiary/aromatic N) is 2. The van der Waals surface area contributed by atoms with E-state index in [0.717, 1.165) is 39.1 Å². The molecule has 2 aliphatic heterocycles. The van der Waals surface area contributed by atoms with Crippen molar-refractivity contribution in [1.82, 2.24) is 20.4 Å². The highest BCUT2D eigenvalue weighted by Crippen LogP contribution is 2.27. The van der Waals surface area contributed by atoms with Gasteiger partial charge in [-0.2, -0.15) is 0 Å². The molecule has 0 spiro atoms. The molecule has 2 aliphatic rings. The highest BCUT2D eigenvalue weighted by molar-refractivity contribution is 5.80. The third-order valence-electron chi connectivity index (χ3n) is 5.87. The molecule has 2 aromatic rings. The van der Waals surface area contributed by atoms with Crippen LogP contribution in [0.3, 0.4) is 0 Å². The molecule has 2 atom stereocenters. The zero-order valence-electron chi connectivity index (χ0n) is 17.0. The van der Waals surface area contributed by atoms with Crippen molar-refractivity contribution in [2.75, 3.05) is 19.6 Å². The minimum atomic E-state index is -1.05. The van der Waals surface area contributed by atoms with Crippen molar-refractivity contribution in [2.24, 2.45) is 0 Å². The van der Waals surface area contributed by atoms with E-state index in [9.17, 15) is 9.59 Å². The van der Waals surface area contributed by atoms with E-state index in [1.54, 1.807) is 0 Å². The Morgan fingerprint density at radius 2 is 1.67 bits per heavy atom. The van der Waals surface area contributed by atoms with Crippen LogP contribution in [0.2, 0.25) is 0 Å². The van der Waals surface area contributed by atoms with Crippen molar-refractivity contribution in [3.63, 3.8) is 0 Å². The number of carbonyl (C=O) groups is 2. The van der Waals surface area contributed by atoms with Crippen molar-refractivity contribution >= 4 is 12.0 Å². The summed E-state index contributed by atoms with van der Waals surface area (Å²) in [4.78, 5) is 27.6. The van der Waals surface area contributed by atoms with E-state index in [2.05, 4.69) is 69.0 Å². The highest BCUT2D eigenvalue weighted by Gasteiger charge is 2.35. The molecule has 7 nitrogen and oxygen atoms in total. The predicted octanol–water partition coefficient (Wildman–Crippen LogP) is 2.03. The molecule has 0 saturated carbocycles. The maximum absolute atomic E-state index is 12.0. The summed E-state index contributed by atoms with van der Waals surface area (Å²) in [5.41, 5.74) is 3.97. The molecule has 2 amide bonds. The van der Waals surface area contributed by atoms with Gasteiger partial charge in [0.1, 0.15) is 6.54 Å². The zero-order valence-corrected chi connectivity index (χ0v) is 17.0. The highest BCUT2D eigenvalue weighted by atomic mass is 16.4. The summed E-state index contributed by atoms with van der Waals surface area (Å²) in [5, 5.41) is 14.1. The molecule has 7 heteroatoms. The van der Waals surface area contributed by atoms with Gasteiger partial charge in [-0.3, -0.25) is 14.6 Å². The summed E-state index contributed by atoms with van der Waals surface area (Å²) in [5.74, 6) is -1.05. The third kappa shape index (κ3) is 5.17. The lowest BCUT2D eigenvalue weighted by molar-refractivity contribution is -0.135. The minimum absolute atomic E-state index is 0.00707. The average Bonchev–Trinajstić information content (AvgIpc) is 3.07. The van der Waals surface area contributed by atoms with Crippen LogP contribution in [0.4, 0.5) is 4.79 Å². The maximum Gasteiger partial charge on any atom is 0.323 e. The predicted molar refractivity (Wildman–Crippen MR) is 114 cm³/mol. The van der Waals surface area contributed by atoms with Gasteiger partial charge in [-0.1, -0.05) is 54.6 Å². The van der Waals surface area contributed by atoms with E-state index in [-0.39, 0.29) is 12.6 Å². The fourth-order valence-corrected chi connectivity index (χ4v) is 4.52. The number of carbonyl (C=O) groups excluding carboxylic acids is 1. The number of amides is 2. The summed E-state index contributed by atoms with van der Waals surface area (Å²) in [6.45, 7) is 3.99. The first-order valence-corrected chi connectivity index (χ1v) is 10.4. The van der Waals surface area contributed by atoms with Gasteiger partial charge in [0.25, 0.3) is 0 Å². The molecule has 4 rings (SSSR count). The second kappa shape index (κ2) is 9.28. The molecule has 1 fully saturated rings. The Kier molecular flexibility index (Phi) is 6.30. The first-order chi connectivity index (χ1) is 14.6. The second-order valence-corrected chi connectivity index (χ2v) is 8.16. The topological polar surface area (TPSA) is 84.9 Å². The van der Waals surface area contributed by atoms with Crippen LogP contribution in [-0.2, 0) is 24.4 Å². The standard InChI is InChI=1S/C23H28N4O3/c28-22(29)11-24-23(30)25-20-10-21-16-26(12-17-6-2-1-3-7-17)13-18-8-4-5-9-19(18)14-27(21)15-20/h1-9,20-21H,10-16H2,(H,28,29)(H2,24,25,30)/t20-,21-/m0/s1. The number of urea groups is 1. The Bertz CT molecular complexity index is 889. The van der Waals surface area contributed by atoms with Crippen LogP contribution >= 0.6 is 0 Å². The fraction of sp³-hybridized carbons (Fsp3) is 0.391. The number of fused-ring (bicyclic) bond motifs is 2. The normalized spacial score (nSPS) is 21.7. The lowest BCUT2D eigenvalue weighted by atomic mass is 10.0. The Morgan fingerprint density at radius 3 is 2.40 bits per heavy atom. The Hall–Kier alpha value is -2.90. The van der Waals surface area contributed by atoms with Gasteiger partial charge < -0.3 is 15.7 Å². The number of benzene rings is 2. The number of carboxylic acid groups (broad SMARTS) is 1. The van der Waals surface area contributed by atoms with E-state index in [1.807, 2.05) is 6.07 Å². The molecule has 1 saturated heterocycles. The van der Waals surface area contributed by atoms with Gasteiger partial charge in [0.2, 0.25) is 0 Å². The van der Waals surface area contributed by atoms with Crippen molar-refractivity contribution in [3.8, 4) is 0 Å². The average molecular weight is 409 g/mol. The quantitative estimate of drug-likeness (QED) is 0.705. The van der Waals surface area contributed by atoms with Crippen LogP contribution in [0.1, 0.15) is 23.1 Å². The van der Waals surface area contributed by atoms with E-state index in [1.165, 1.54) is 16.7 Å². The molecule has 30 heavy (non-hydrogen) atoms. The summed E-state index contributed by atoms with van der Waals surface area (Å²) in [6.07, 6.45) is 0.855. The number of nitrogens with one attached hydrogen (secondary N) is 2. The van der Waals surface area contributed by atoms with Gasteiger partial charge in [-0.15, -0.1) is 0 Å². The van der Waals surface area contributed by atoms with Gasteiger partial charge in [0, 0.05) is 44.8 Å². The number of aliphatic carboxylic acids is 1. The van der Waals surface area contributed by atoms with Crippen LogP contribution in [0.5, 0.6) is 0 Å². The minimum Gasteiger partial charge on any atom is -0.480 e. The van der Waals surface area contributed by atoms with E-state index in [0.29, 0.717) is 6.04 Å². The van der Waals surface area contributed by atoms with Crippen molar-refractivity contribution in [2.45, 2.75) is 38.1 Å². The second-order valence-electron chi connectivity index (χ2n) is 8.16. The van der Waals surface area contributed by atoms with Crippen molar-refractivity contribution in [1.29, 1.82) is 0 Å². The molecule has 0 unspecified atom stereocenters. The van der Waals surface area contributed by atoms with E-state index < -0.39 is 12.0 Å². The number of carboxylic acids is 1. The summed E-state index contributed by atoms with van der Waals surface area (Å²) < 4.78 is 0. The number of hydrogen-bond donors (Lipinski definition) is 3. The lowest BCUT2D eigenvalue weighted by Crippen LogP contribution is -2.44. The largest absolute Gasteiger partial charge is 0.480 e. The zero-order chi connectivity index (χ0) is 20.9. The van der Waals surface area contributed by atoms with Gasteiger partial charge in [-0.25, -0.2) is 4.79 Å². The summed E-state index contributed by atoms with van der Waals surface area (Å²) in [6, 6.07) is 19.0. The fourth-order valence-electron chi connectivity index (χ4n) is 4.52. The summed E-state index contributed by atoms with van der Waals surface area (Å²) >= 11 is 0. The van der Waals surface area contributed by atoms with Crippen molar-refractivity contribution in [3.05, 3.63) is 71.3 Å². The molecule has 0 aromatic heterocycles. The van der Waals surface area contributed by atoms with Crippen LogP contribution in [0, 0.1) is 0 Å². The van der Waals surface area contributed by atoms with Gasteiger partial charge in [-0.05, 0) is 23.1 Å². The molecule has 0 bridgehead atoms. The molecule has 2 heterocycles. The summed E-state index contributed by atoms with van der Waals surface area (Å²) in [7, 11) is 0. The number of hydrogen-bond acceptors (Lipinski definition) is 4. The van der Waals surface area contributed by atoms with E-state index >= 15 is 0 Å². The molecule has 3 N–H and O–H groups in total. The van der Waals surface area contributed by atoms with Crippen LogP contribution < -0.4 is 10.6 Å². The van der Waals surface area contributed by atoms with Crippen LogP contribution in [0.25, 0.3) is 0 Å². The molecular formula is C23H28N4O3. The Balaban J connectivity index is 1.48. The smallest absolute Gasteiger partial charge is 0.323 e. The maximum atomic E-state index is 12.0. The Morgan fingerprint density at radius 1 is 0.967 bits per heavy atom. The third-order valence-corrected chi connectivity index (χ3v) is 5.87. The van der Waals surface area contributed by atoms with Crippen LogP contribution in [0.15, 0.2) is 54.6 Å². The van der Waals surface area contributed by atoms with E-state index in [4.69, 9.17) is 5.11 Å². The number of rotatable bonds is 5. The van der Waals surface area contributed by atoms with Crippen LogP contribution in [-0.4, -0.2) is 58.6 Å². The molecule has 0 aliphatic carbocycles. The SMILES string of the molecule is O=C(O)CNC(=O)N[C@H]1C[C@H]2CN(Cc3ccccc3)Cc3ccccc3CN2C1. The molecule has 2 aromatic carbocycles. The Labute approximate surface area is 176 Å². The lowest BCUT2D eigenvalue weighted by Gasteiger charge is -2.34. The molecule has 0 radical (unpaired) electrons. The molecular weight excluding hydrogens is 380 g/mol. The van der Waals surface area contributed by atoms with Gasteiger partial charge in [0.15, 0.2) is 0 Å². The monoisotopic (exact) mass is 408 g/mol. The first-order valence-electron chi connectivity index (χ1n) is 10.4. The molecule has 158 valence electrons. The first kappa shape index (κ1) is 20.4.